The third-order valence-electron chi connectivity index (χ3n) is 1.84. The van der Waals surface area contributed by atoms with E-state index in [9.17, 15) is 56.6 Å². The number of carbonyl (C=O) groups is 1. The number of hydrogen-bond acceptors (Lipinski definition) is 2. The molecule has 1 aliphatic heterocycles. The van der Waals surface area contributed by atoms with E-state index in [1.165, 1.54) is 0 Å². The fraction of sp³-hybridized carbons (Fsp3) is 0.800. The summed E-state index contributed by atoms with van der Waals surface area (Å²) in [6.45, 7) is 7.22. The van der Waals surface area contributed by atoms with E-state index in [0.29, 0.717) is 0 Å². The Morgan fingerprint density at radius 3 is 1.34 bits per heavy atom. The van der Waals surface area contributed by atoms with Crippen molar-refractivity contribution in [3.8, 4) is 0 Å². The summed E-state index contributed by atoms with van der Waals surface area (Å²) in [6, 6.07) is 0. The first-order valence-corrected chi connectivity index (χ1v) is 7.40. The summed E-state index contributed by atoms with van der Waals surface area (Å²) in [5.74, 6) is 0. The summed E-state index contributed by atoms with van der Waals surface area (Å²) < 4.78 is 122. The average Bonchev–Trinajstić information content (AvgIpc) is 2.31. The Hall–Kier alpha value is 0.261. The Morgan fingerprint density at radius 1 is 0.828 bits per heavy atom. The average molecular weight is 484 g/mol. The minimum absolute atomic E-state index is 0. The predicted molar refractivity (Wildman–Crippen MR) is 81.9 cm³/mol. The number of amides is 1. The fourth-order valence-electron chi connectivity index (χ4n) is 1.26. The zero-order chi connectivity index (χ0) is 23.4. The molecule has 0 spiro atoms. The second-order valence-electron chi connectivity index (χ2n) is 5.84. The molecule has 172 valence electrons. The number of nitrogens with zero attached hydrogens (tertiary/aromatic N) is 1. The van der Waals surface area contributed by atoms with E-state index in [1.807, 2.05) is 20.8 Å². The Labute approximate surface area is 203 Å². The van der Waals surface area contributed by atoms with Crippen molar-refractivity contribution in [2.24, 2.45) is 0 Å². The van der Waals surface area contributed by atoms with Gasteiger partial charge in [-0.2, -0.15) is 6.42 Å². The minimum atomic E-state index is -6.00. The van der Waals surface area contributed by atoms with Gasteiger partial charge in [-0.05, 0) is 20.8 Å². The third kappa shape index (κ3) is 65.4. The molecule has 1 rings (SSSR count). The van der Waals surface area contributed by atoms with Crippen LogP contribution in [0.3, 0.4) is 0 Å². The van der Waals surface area contributed by atoms with Gasteiger partial charge in [-0.25, -0.2) is 4.79 Å². The molecule has 19 heteroatoms. The number of piperidine rings is 1. The number of carbonyl (C=O) groups excluding carboxylic acids is 1. The van der Waals surface area contributed by atoms with Gasteiger partial charge in [0.15, 0.2) is 0 Å². The summed E-state index contributed by atoms with van der Waals surface area (Å²) in [4.78, 5) is 13.2. The second kappa shape index (κ2) is 16.0. The number of halogens is 12. The molecule has 0 radical (unpaired) electrons. The van der Waals surface area contributed by atoms with Gasteiger partial charge in [0, 0.05) is 6.54 Å². The van der Waals surface area contributed by atoms with Gasteiger partial charge < -0.3 is 67.8 Å². The molecule has 3 nitrogen and oxygen atoms in total. The molecule has 0 aromatic heterocycles. The van der Waals surface area contributed by atoms with Crippen molar-refractivity contribution in [1.82, 2.24) is 4.90 Å². The SMILES string of the molecule is CC(C)(C)OC(=O)N1C[CH-]CCC1.F[B-](F)(F)F.F[B-](F)(F)F.F[B-](F)(F)F.[K+]. The molecule has 29 heavy (non-hydrogen) atoms. The minimum Gasteiger partial charge on any atom is -0.444 e. The van der Waals surface area contributed by atoms with Gasteiger partial charge in [0.2, 0.25) is 0 Å². The van der Waals surface area contributed by atoms with E-state index in [2.05, 4.69) is 6.42 Å². The van der Waals surface area contributed by atoms with Gasteiger partial charge in [-0.1, -0.05) is 13.0 Å². The van der Waals surface area contributed by atoms with Crippen molar-refractivity contribution in [3.63, 3.8) is 0 Å². The maximum Gasteiger partial charge on any atom is 1.00 e. The van der Waals surface area contributed by atoms with Crippen molar-refractivity contribution in [2.75, 3.05) is 13.1 Å². The van der Waals surface area contributed by atoms with Gasteiger partial charge in [-0.3, -0.25) is 0 Å². The van der Waals surface area contributed by atoms with E-state index < -0.39 is 21.8 Å². The van der Waals surface area contributed by atoms with E-state index in [-0.39, 0.29) is 63.1 Å². The van der Waals surface area contributed by atoms with E-state index in [1.54, 1.807) is 4.90 Å². The third-order valence-corrected chi connectivity index (χ3v) is 1.84. The maximum absolute atomic E-state index is 11.5. The summed E-state index contributed by atoms with van der Waals surface area (Å²) in [5, 5.41) is 0. The molecule has 0 aromatic rings. The number of likely N-dealkylation sites (tertiary alicyclic amines) is 1. The summed E-state index contributed by atoms with van der Waals surface area (Å²) in [7, 11) is -18.0. The molecule has 1 aliphatic rings. The number of hydrogen-bond donors (Lipinski definition) is 0. The van der Waals surface area contributed by atoms with Gasteiger partial charge in [0.1, 0.15) is 5.60 Å². The van der Waals surface area contributed by atoms with Crippen LogP contribution < -0.4 is 51.4 Å². The first-order chi connectivity index (χ1) is 12.0. The molecule has 0 unspecified atom stereocenters. The van der Waals surface area contributed by atoms with Gasteiger partial charge in [0.25, 0.3) is 0 Å². The normalized spacial score (nSPS) is 14.5. The molecule has 0 saturated carbocycles. The molecule has 0 aromatic carbocycles. The largest absolute Gasteiger partial charge is 1.00 e. The van der Waals surface area contributed by atoms with Crippen molar-refractivity contribution in [2.45, 2.75) is 39.2 Å². The molecular formula is C10H18B3F12KNO2-3. The van der Waals surface area contributed by atoms with Crippen molar-refractivity contribution < 1.29 is 113 Å². The van der Waals surface area contributed by atoms with Crippen LogP contribution in [-0.2, 0) is 4.74 Å². The van der Waals surface area contributed by atoms with Crippen LogP contribution in [0.5, 0.6) is 0 Å². The Balaban J connectivity index is -0.000000164. The van der Waals surface area contributed by atoms with Crippen LogP contribution in [0.2, 0.25) is 0 Å². The molecule has 0 N–H and O–H groups in total. The fourth-order valence-corrected chi connectivity index (χ4v) is 1.26. The Morgan fingerprint density at radius 2 is 1.14 bits per heavy atom. The van der Waals surface area contributed by atoms with E-state index in [4.69, 9.17) is 4.74 Å². The number of rotatable bonds is 0. The summed E-state index contributed by atoms with van der Waals surface area (Å²) >= 11 is 0. The zero-order valence-electron chi connectivity index (χ0n) is 15.9. The Kier molecular flexibility index (Phi) is 20.2. The van der Waals surface area contributed by atoms with E-state index in [0.717, 1.165) is 25.9 Å². The quantitative estimate of drug-likeness (QED) is 0.301. The molecule has 1 amide bonds. The van der Waals surface area contributed by atoms with Crippen LogP contribution >= 0.6 is 0 Å². The zero-order valence-corrected chi connectivity index (χ0v) is 19.1. The standard InChI is InChI=1S/C10H18NO2.3BF4.K/c1-10(2,3)13-9(12)11-7-5-4-6-8-11;3*2-1(3,4)5;/h5H,4,6-8H2,1-3H3;;;;/q4*-1;+1. The molecule has 0 bridgehead atoms. The number of ether oxygens (including phenoxy) is 1. The molecule has 1 heterocycles. The van der Waals surface area contributed by atoms with Crippen LogP contribution in [0.4, 0.5) is 56.6 Å². The van der Waals surface area contributed by atoms with Gasteiger partial charge in [0.05, 0.1) is 0 Å². The monoisotopic (exact) mass is 484 g/mol. The Bertz CT molecular complexity index is 376. The molecule has 1 fully saturated rings. The molecule has 0 atom stereocenters. The first kappa shape index (κ1) is 36.6. The first-order valence-electron chi connectivity index (χ1n) is 7.40. The van der Waals surface area contributed by atoms with Crippen molar-refractivity contribution >= 4 is 27.9 Å². The summed E-state index contributed by atoms with van der Waals surface area (Å²) in [5.41, 5.74) is -0.380. The molecule has 0 aliphatic carbocycles. The molecule has 1 saturated heterocycles. The molecular weight excluding hydrogens is 466 g/mol. The van der Waals surface area contributed by atoms with Crippen molar-refractivity contribution in [1.29, 1.82) is 0 Å². The maximum atomic E-state index is 11.5. The van der Waals surface area contributed by atoms with Crippen LogP contribution in [0.1, 0.15) is 33.6 Å². The predicted octanol–water partition coefficient (Wildman–Crippen LogP) is 3.13. The van der Waals surface area contributed by atoms with Crippen LogP contribution in [-0.4, -0.2) is 51.4 Å². The van der Waals surface area contributed by atoms with Gasteiger partial charge in [-0.15, -0.1) is 0 Å². The van der Waals surface area contributed by atoms with E-state index >= 15 is 0 Å². The summed E-state index contributed by atoms with van der Waals surface area (Å²) in [6.07, 6.45) is 4.09. The second-order valence-corrected chi connectivity index (χ2v) is 5.84. The van der Waals surface area contributed by atoms with Crippen LogP contribution in [0.15, 0.2) is 0 Å². The van der Waals surface area contributed by atoms with Crippen LogP contribution in [0, 0.1) is 6.42 Å². The van der Waals surface area contributed by atoms with Crippen LogP contribution in [0.25, 0.3) is 0 Å². The smallest absolute Gasteiger partial charge is 0.444 e. The van der Waals surface area contributed by atoms with Gasteiger partial charge >= 0.3 is 79.2 Å². The topological polar surface area (TPSA) is 29.5 Å². The van der Waals surface area contributed by atoms with Crippen molar-refractivity contribution in [3.05, 3.63) is 6.42 Å².